The third kappa shape index (κ3) is 4.81. The van der Waals surface area contributed by atoms with Gasteiger partial charge in [-0.3, -0.25) is 9.59 Å². The van der Waals surface area contributed by atoms with Gasteiger partial charge in [-0.05, 0) is 81.1 Å². The minimum atomic E-state index is -3.88. The molecule has 2 amide bonds. The number of sulfonamides is 1. The van der Waals surface area contributed by atoms with Crippen molar-refractivity contribution in [2.24, 2.45) is 5.92 Å². The standard InChI is InChI=1S/C25H31N3O5S/c1-4-33-21-10-8-20(9-11-21)26-24(29)16-27(3)34(31,32)22-12-13-23-19(15-22)14-17(2)28(23)25(30)18-6-5-7-18/h8-13,15,17-18H,4-7,14,16H2,1-3H3,(H,26,29). The smallest absolute Gasteiger partial charge is 0.243 e. The van der Waals surface area contributed by atoms with Gasteiger partial charge in [0.2, 0.25) is 21.8 Å². The highest BCUT2D eigenvalue weighted by Gasteiger charge is 2.37. The lowest BCUT2D eigenvalue weighted by molar-refractivity contribution is -0.125. The fourth-order valence-corrected chi connectivity index (χ4v) is 5.60. The number of fused-ring (bicyclic) bond motifs is 1. The maximum Gasteiger partial charge on any atom is 0.243 e. The summed E-state index contributed by atoms with van der Waals surface area (Å²) in [7, 11) is -2.49. The van der Waals surface area contributed by atoms with E-state index < -0.39 is 15.9 Å². The number of amides is 2. The van der Waals surface area contributed by atoms with Crippen LogP contribution in [0, 0.1) is 5.92 Å². The van der Waals surface area contributed by atoms with Gasteiger partial charge in [0.1, 0.15) is 5.75 Å². The average molecular weight is 486 g/mol. The highest BCUT2D eigenvalue weighted by atomic mass is 32.2. The van der Waals surface area contributed by atoms with E-state index in [1.807, 2.05) is 18.7 Å². The van der Waals surface area contributed by atoms with Crippen molar-refractivity contribution in [2.45, 2.75) is 50.5 Å². The second kappa shape index (κ2) is 9.76. The normalized spacial score (nSPS) is 17.9. The monoisotopic (exact) mass is 485 g/mol. The minimum Gasteiger partial charge on any atom is -0.494 e. The molecule has 1 aliphatic carbocycles. The van der Waals surface area contributed by atoms with E-state index in [9.17, 15) is 18.0 Å². The van der Waals surface area contributed by atoms with Crippen LogP contribution in [0.25, 0.3) is 0 Å². The molecule has 1 N–H and O–H groups in total. The number of rotatable bonds is 8. The van der Waals surface area contributed by atoms with E-state index in [0.29, 0.717) is 24.5 Å². The van der Waals surface area contributed by atoms with Crippen molar-refractivity contribution in [2.75, 3.05) is 30.4 Å². The number of hydrogen-bond donors (Lipinski definition) is 1. The Balaban J connectivity index is 1.44. The molecule has 1 aliphatic heterocycles. The summed E-state index contributed by atoms with van der Waals surface area (Å²) in [5, 5.41) is 2.71. The number of benzene rings is 2. The van der Waals surface area contributed by atoms with E-state index in [0.717, 1.165) is 34.8 Å². The number of hydrogen-bond acceptors (Lipinski definition) is 5. The quantitative estimate of drug-likeness (QED) is 0.618. The van der Waals surface area contributed by atoms with Gasteiger partial charge in [0.25, 0.3) is 0 Å². The van der Waals surface area contributed by atoms with Crippen LogP contribution in [-0.2, 0) is 26.0 Å². The molecule has 0 spiro atoms. The second-order valence-electron chi connectivity index (χ2n) is 8.95. The van der Waals surface area contributed by atoms with Crippen LogP contribution in [0.15, 0.2) is 47.4 Å². The van der Waals surface area contributed by atoms with Gasteiger partial charge in [-0.25, -0.2) is 8.42 Å². The third-order valence-electron chi connectivity index (χ3n) is 6.48. The molecule has 8 nitrogen and oxygen atoms in total. The summed E-state index contributed by atoms with van der Waals surface area (Å²) in [6, 6.07) is 11.8. The van der Waals surface area contributed by atoms with Crippen molar-refractivity contribution >= 4 is 33.2 Å². The molecule has 1 heterocycles. The van der Waals surface area contributed by atoms with Gasteiger partial charge in [-0.15, -0.1) is 0 Å². The Hall–Kier alpha value is -2.91. The molecule has 1 unspecified atom stereocenters. The highest BCUT2D eigenvalue weighted by molar-refractivity contribution is 7.89. The molecule has 2 aromatic rings. The van der Waals surface area contributed by atoms with E-state index in [2.05, 4.69) is 5.32 Å². The first-order valence-corrected chi connectivity index (χ1v) is 13.1. The number of carbonyl (C=O) groups excluding carboxylic acids is 2. The van der Waals surface area contributed by atoms with Gasteiger partial charge in [-0.2, -0.15) is 4.31 Å². The average Bonchev–Trinajstić information content (AvgIpc) is 3.08. The lowest BCUT2D eigenvalue weighted by Gasteiger charge is -2.32. The molecule has 0 bridgehead atoms. The topological polar surface area (TPSA) is 96.0 Å². The molecule has 9 heteroatoms. The number of ether oxygens (including phenoxy) is 1. The van der Waals surface area contributed by atoms with Gasteiger partial charge in [-0.1, -0.05) is 6.42 Å². The minimum absolute atomic E-state index is 0.00123. The van der Waals surface area contributed by atoms with Crippen LogP contribution >= 0.6 is 0 Å². The van der Waals surface area contributed by atoms with Crippen LogP contribution in [-0.4, -0.2) is 50.8 Å². The SMILES string of the molecule is CCOc1ccc(NC(=O)CN(C)S(=O)(=O)c2ccc3c(c2)CC(C)N3C(=O)C2CCC2)cc1. The third-order valence-corrected chi connectivity index (χ3v) is 8.28. The Labute approximate surface area is 200 Å². The summed E-state index contributed by atoms with van der Waals surface area (Å²) in [4.78, 5) is 27.3. The number of nitrogens with one attached hydrogen (secondary N) is 1. The van der Waals surface area contributed by atoms with Gasteiger partial charge >= 0.3 is 0 Å². The lowest BCUT2D eigenvalue weighted by Crippen LogP contribution is -2.42. The van der Waals surface area contributed by atoms with E-state index in [4.69, 9.17) is 4.74 Å². The van der Waals surface area contributed by atoms with Crippen molar-refractivity contribution in [3.05, 3.63) is 48.0 Å². The van der Waals surface area contributed by atoms with E-state index in [1.165, 1.54) is 13.1 Å². The van der Waals surface area contributed by atoms with Crippen LogP contribution in [0.5, 0.6) is 5.75 Å². The molecule has 1 atom stereocenters. The summed E-state index contributed by atoms with van der Waals surface area (Å²) in [5.74, 6) is 0.467. The predicted molar refractivity (Wildman–Crippen MR) is 130 cm³/mol. The van der Waals surface area contributed by atoms with Gasteiger partial charge in [0.05, 0.1) is 18.0 Å². The maximum atomic E-state index is 13.1. The van der Waals surface area contributed by atoms with Gasteiger partial charge in [0, 0.05) is 30.4 Å². The number of anilines is 2. The molecule has 182 valence electrons. The fraction of sp³-hybridized carbons (Fsp3) is 0.440. The Kier molecular flexibility index (Phi) is 6.95. The van der Waals surface area contributed by atoms with E-state index in [-0.39, 0.29) is 29.3 Å². The summed E-state index contributed by atoms with van der Waals surface area (Å²) in [5.41, 5.74) is 2.19. The zero-order valence-corrected chi connectivity index (χ0v) is 20.6. The summed E-state index contributed by atoms with van der Waals surface area (Å²) < 4.78 is 32.7. The molecular formula is C25H31N3O5S. The summed E-state index contributed by atoms with van der Waals surface area (Å²) >= 11 is 0. The van der Waals surface area contributed by atoms with Crippen molar-refractivity contribution in [3.63, 3.8) is 0 Å². The summed E-state index contributed by atoms with van der Waals surface area (Å²) in [6.45, 7) is 4.10. The predicted octanol–water partition coefficient (Wildman–Crippen LogP) is 3.42. The lowest BCUT2D eigenvalue weighted by atomic mass is 9.84. The maximum absolute atomic E-state index is 13.1. The molecule has 2 aromatic carbocycles. The van der Waals surface area contributed by atoms with Gasteiger partial charge < -0.3 is 15.0 Å². The molecule has 0 saturated heterocycles. The van der Waals surface area contributed by atoms with Gasteiger partial charge in [0.15, 0.2) is 0 Å². The van der Waals surface area contributed by atoms with Crippen molar-refractivity contribution in [1.29, 1.82) is 0 Å². The van der Waals surface area contributed by atoms with Crippen LogP contribution in [0.3, 0.4) is 0 Å². The molecular weight excluding hydrogens is 454 g/mol. The summed E-state index contributed by atoms with van der Waals surface area (Å²) in [6.07, 6.45) is 3.54. The molecule has 0 aromatic heterocycles. The van der Waals surface area contributed by atoms with Crippen molar-refractivity contribution in [1.82, 2.24) is 4.31 Å². The highest BCUT2D eigenvalue weighted by Crippen LogP contribution is 2.38. The van der Waals surface area contributed by atoms with E-state index in [1.54, 1.807) is 36.4 Å². The zero-order chi connectivity index (χ0) is 24.5. The Morgan fingerprint density at radius 3 is 2.47 bits per heavy atom. The fourth-order valence-electron chi connectivity index (χ4n) is 4.42. The first-order chi connectivity index (χ1) is 16.2. The molecule has 2 aliphatic rings. The molecule has 34 heavy (non-hydrogen) atoms. The second-order valence-corrected chi connectivity index (χ2v) is 11.0. The van der Waals surface area contributed by atoms with Crippen LogP contribution < -0.4 is 15.0 Å². The molecule has 1 saturated carbocycles. The zero-order valence-electron chi connectivity index (χ0n) is 19.8. The first-order valence-electron chi connectivity index (χ1n) is 11.7. The number of likely N-dealkylation sites (N-methyl/N-ethyl adjacent to an activating group) is 1. The van der Waals surface area contributed by atoms with Crippen molar-refractivity contribution < 1.29 is 22.7 Å². The molecule has 4 rings (SSSR count). The molecule has 0 radical (unpaired) electrons. The molecule has 1 fully saturated rings. The van der Waals surface area contributed by atoms with Crippen LogP contribution in [0.4, 0.5) is 11.4 Å². The number of nitrogens with zero attached hydrogens (tertiary/aromatic N) is 2. The van der Waals surface area contributed by atoms with Crippen LogP contribution in [0.2, 0.25) is 0 Å². The van der Waals surface area contributed by atoms with E-state index >= 15 is 0 Å². The Morgan fingerprint density at radius 2 is 1.85 bits per heavy atom. The van der Waals surface area contributed by atoms with Crippen molar-refractivity contribution in [3.8, 4) is 5.75 Å². The Morgan fingerprint density at radius 1 is 1.15 bits per heavy atom. The number of carbonyl (C=O) groups is 2. The first kappa shape index (κ1) is 24.2. The Bertz CT molecular complexity index is 1180. The largest absolute Gasteiger partial charge is 0.494 e. The van der Waals surface area contributed by atoms with Crippen LogP contribution in [0.1, 0.15) is 38.7 Å².